The second-order valence-corrected chi connectivity index (χ2v) is 1.72. The van der Waals surface area contributed by atoms with Crippen LogP contribution in [0.4, 0.5) is 5.69 Å². The molecule has 9 heavy (non-hydrogen) atoms. The van der Waals surface area contributed by atoms with Crippen molar-refractivity contribution in [2.24, 2.45) is 5.18 Å². The molecular formula is C7H6NO. The quantitative estimate of drug-likeness (QED) is 0.522. The minimum Gasteiger partial charge on any atom is -0.145 e. The molecule has 0 fully saturated rings. The van der Waals surface area contributed by atoms with Crippen LogP contribution in [0.3, 0.4) is 0 Å². The Bertz CT molecular complexity index is 220. The molecule has 1 aromatic carbocycles. The van der Waals surface area contributed by atoms with Gasteiger partial charge in [-0.25, -0.2) is 0 Å². The van der Waals surface area contributed by atoms with Crippen molar-refractivity contribution in [3.8, 4) is 0 Å². The largest absolute Gasteiger partial charge is 0.145 e. The van der Waals surface area contributed by atoms with E-state index in [1.165, 1.54) is 0 Å². The molecule has 0 aromatic heterocycles. The molecule has 1 radical (unpaired) electrons. The van der Waals surface area contributed by atoms with Crippen molar-refractivity contribution in [3.05, 3.63) is 41.7 Å². The first kappa shape index (κ1) is 5.95. The minimum atomic E-state index is 0.414. The van der Waals surface area contributed by atoms with Gasteiger partial charge in [0.25, 0.3) is 0 Å². The summed E-state index contributed by atoms with van der Waals surface area (Å²) < 4.78 is 0. The fourth-order valence-corrected chi connectivity index (χ4v) is 0.600. The zero-order valence-electron chi connectivity index (χ0n) is 4.87. The Morgan fingerprint density at radius 1 is 1.33 bits per heavy atom. The van der Waals surface area contributed by atoms with E-state index < -0.39 is 0 Å². The summed E-state index contributed by atoms with van der Waals surface area (Å²) in [4.78, 5) is 9.94. The molecule has 1 rings (SSSR count). The highest BCUT2D eigenvalue weighted by Crippen LogP contribution is 2.15. The van der Waals surface area contributed by atoms with Gasteiger partial charge < -0.3 is 0 Å². The van der Waals surface area contributed by atoms with Gasteiger partial charge in [-0.1, -0.05) is 18.2 Å². The maximum Gasteiger partial charge on any atom is 0.111 e. The van der Waals surface area contributed by atoms with E-state index >= 15 is 0 Å². The molecular weight excluding hydrogens is 114 g/mol. The summed E-state index contributed by atoms with van der Waals surface area (Å²) in [6.45, 7) is 3.60. The number of benzene rings is 1. The first-order chi connectivity index (χ1) is 4.34. The standard InChI is InChI=1S/C7H6NO/c1-6-4-2-3-5-7(6)8-9/h2-5H,1H2. The van der Waals surface area contributed by atoms with Crippen LogP contribution in [-0.2, 0) is 0 Å². The molecule has 2 nitrogen and oxygen atoms in total. The summed E-state index contributed by atoms with van der Waals surface area (Å²) >= 11 is 0. The Labute approximate surface area is 53.5 Å². The molecule has 0 unspecified atom stereocenters. The van der Waals surface area contributed by atoms with Crippen LogP contribution in [0.15, 0.2) is 29.4 Å². The zero-order chi connectivity index (χ0) is 6.69. The molecule has 0 bridgehead atoms. The van der Waals surface area contributed by atoms with E-state index in [0.29, 0.717) is 11.3 Å². The molecule has 45 valence electrons. The van der Waals surface area contributed by atoms with Crippen LogP contribution in [0.2, 0.25) is 0 Å². The molecule has 0 aliphatic rings. The van der Waals surface area contributed by atoms with Crippen molar-refractivity contribution >= 4 is 5.69 Å². The maximum absolute atomic E-state index is 9.94. The van der Waals surface area contributed by atoms with Crippen molar-refractivity contribution in [1.82, 2.24) is 0 Å². The van der Waals surface area contributed by atoms with Gasteiger partial charge in [-0.05, 0) is 23.7 Å². The van der Waals surface area contributed by atoms with Crippen LogP contribution in [0.5, 0.6) is 0 Å². The third-order valence-corrected chi connectivity index (χ3v) is 1.09. The summed E-state index contributed by atoms with van der Waals surface area (Å²) in [5.74, 6) is 0. The van der Waals surface area contributed by atoms with Crippen molar-refractivity contribution in [1.29, 1.82) is 0 Å². The summed E-state index contributed by atoms with van der Waals surface area (Å²) in [5, 5.41) is 2.76. The van der Waals surface area contributed by atoms with Gasteiger partial charge in [-0.15, -0.1) is 4.91 Å². The number of hydrogen-bond donors (Lipinski definition) is 0. The van der Waals surface area contributed by atoms with Crippen LogP contribution < -0.4 is 0 Å². The molecule has 0 amide bonds. The molecule has 0 saturated heterocycles. The van der Waals surface area contributed by atoms with Gasteiger partial charge in [0, 0.05) is 0 Å². The lowest BCUT2D eigenvalue weighted by Crippen LogP contribution is -1.68. The Morgan fingerprint density at radius 3 is 2.44 bits per heavy atom. The van der Waals surface area contributed by atoms with Crippen molar-refractivity contribution < 1.29 is 0 Å². The monoisotopic (exact) mass is 120 g/mol. The number of nitroso groups, excluding NO2 is 1. The Morgan fingerprint density at radius 2 is 2.00 bits per heavy atom. The molecule has 0 spiro atoms. The van der Waals surface area contributed by atoms with Gasteiger partial charge >= 0.3 is 0 Å². The highest BCUT2D eigenvalue weighted by atomic mass is 16.3. The lowest BCUT2D eigenvalue weighted by molar-refractivity contribution is 1.46. The Hall–Kier alpha value is -1.18. The lowest BCUT2D eigenvalue weighted by atomic mass is 10.2. The molecule has 0 aliphatic heterocycles. The van der Waals surface area contributed by atoms with E-state index in [-0.39, 0.29) is 0 Å². The Kier molecular flexibility index (Phi) is 1.58. The fraction of sp³-hybridized carbons (Fsp3) is 0. The first-order valence-electron chi connectivity index (χ1n) is 2.59. The molecule has 0 aliphatic carbocycles. The summed E-state index contributed by atoms with van der Waals surface area (Å²) in [6, 6.07) is 6.95. The van der Waals surface area contributed by atoms with Gasteiger partial charge in [0.2, 0.25) is 0 Å². The van der Waals surface area contributed by atoms with Gasteiger partial charge in [-0.3, -0.25) is 0 Å². The van der Waals surface area contributed by atoms with E-state index in [1.54, 1.807) is 18.2 Å². The van der Waals surface area contributed by atoms with Crippen LogP contribution >= 0.6 is 0 Å². The van der Waals surface area contributed by atoms with Gasteiger partial charge in [0.05, 0.1) is 0 Å². The van der Waals surface area contributed by atoms with E-state index in [0.717, 1.165) is 0 Å². The molecule has 0 saturated carbocycles. The number of hydrogen-bond acceptors (Lipinski definition) is 2. The summed E-state index contributed by atoms with van der Waals surface area (Å²) in [7, 11) is 0. The average molecular weight is 120 g/mol. The van der Waals surface area contributed by atoms with E-state index in [9.17, 15) is 4.91 Å². The van der Waals surface area contributed by atoms with Crippen molar-refractivity contribution in [3.63, 3.8) is 0 Å². The third-order valence-electron chi connectivity index (χ3n) is 1.09. The van der Waals surface area contributed by atoms with E-state index in [2.05, 4.69) is 12.1 Å². The van der Waals surface area contributed by atoms with Crippen LogP contribution in [0.25, 0.3) is 0 Å². The topological polar surface area (TPSA) is 29.4 Å². The molecule has 0 N–H and O–H groups in total. The van der Waals surface area contributed by atoms with Gasteiger partial charge in [0.15, 0.2) is 0 Å². The maximum atomic E-state index is 9.94. The van der Waals surface area contributed by atoms with Crippen LogP contribution in [0.1, 0.15) is 5.56 Å². The minimum absolute atomic E-state index is 0.414. The normalized spacial score (nSPS) is 9.00. The number of rotatable bonds is 1. The third kappa shape index (κ3) is 1.13. The SMILES string of the molecule is [CH2]c1ccccc1N=O. The lowest BCUT2D eigenvalue weighted by Gasteiger charge is -1.90. The summed E-state index contributed by atoms with van der Waals surface area (Å²) in [6.07, 6.45) is 0. The first-order valence-corrected chi connectivity index (χ1v) is 2.59. The second-order valence-electron chi connectivity index (χ2n) is 1.72. The highest BCUT2D eigenvalue weighted by Gasteiger charge is 1.91. The van der Waals surface area contributed by atoms with Crippen LogP contribution in [-0.4, -0.2) is 0 Å². The average Bonchev–Trinajstić information content (AvgIpc) is 1.89. The van der Waals surface area contributed by atoms with Gasteiger partial charge in [-0.2, -0.15) is 0 Å². The zero-order valence-corrected chi connectivity index (χ0v) is 4.87. The van der Waals surface area contributed by atoms with E-state index in [4.69, 9.17) is 0 Å². The summed E-state index contributed by atoms with van der Waals surface area (Å²) in [5.41, 5.74) is 1.09. The van der Waals surface area contributed by atoms with Crippen molar-refractivity contribution in [2.45, 2.75) is 0 Å². The predicted molar refractivity (Wildman–Crippen MR) is 36.4 cm³/mol. The Balaban J connectivity index is 3.15. The number of nitrogens with zero attached hydrogens (tertiary/aromatic N) is 1. The molecule has 0 heterocycles. The van der Waals surface area contributed by atoms with Crippen molar-refractivity contribution in [2.75, 3.05) is 0 Å². The highest BCUT2D eigenvalue weighted by molar-refractivity contribution is 5.46. The van der Waals surface area contributed by atoms with Crippen LogP contribution in [0, 0.1) is 11.8 Å². The van der Waals surface area contributed by atoms with Gasteiger partial charge in [0.1, 0.15) is 5.69 Å². The fourth-order valence-electron chi connectivity index (χ4n) is 0.600. The molecule has 0 atom stereocenters. The predicted octanol–water partition coefficient (Wildman–Crippen LogP) is 2.27. The second kappa shape index (κ2) is 2.40. The molecule has 2 heteroatoms. The smallest absolute Gasteiger partial charge is 0.111 e. The molecule has 1 aromatic rings. The van der Waals surface area contributed by atoms with E-state index in [1.807, 2.05) is 6.07 Å².